The molecule has 102 valence electrons. The molecule has 0 aliphatic carbocycles. The fraction of sp³-hybridized carbons (Fsp3) is 0.636. The molecule has 0 N–H and O–H groups in total. The number of hydrogen-bond donors (Lipinski definition) is 0. The summed E-state index contributed by atoms with van der Waals surface area (Å²) in [4.78, 5) is 0. The highest BCUT2D eigenvalue weighted by Crippen LogP contribution is 2.27. The highest BCUT2D eigenvalue weighted by molar-refractivity contribution is 7.91. The van der Waals surface area contributed by atoms with Crippen LogP contribution in [0.4, 0.5) is 0 Å². The van der Waals surface area contributed by atoms with Crippen LogP contribution in [-0.2, 0) is 20.6 Å². The molecule has 1 saturated heterocycles. The third-order valence-corrected chi connectivity index (χ3v) is 6.69. The minimum Gasteiger partial charge on any atom is -0.380 e. The number of alkyl halides is 1. The van der Waals surface area contributed by atoms with Crippen molar-refractivity contribution in [2.45, 2.75) is 29.0 Å². The molecule has 1 aliphatic rings. The van der Waals surface area contributed by atoms with Gasteiger partial charge in [-0.3, -0.25) is 0 Å². The molecule has 0 amide bonds. The summed E-state index contributed by atoms with van der Waals surface area (Å²) in [6.45, 7) is 1.00. The smallest absolute Gasteiger partial charge is 0.252 e. The van der Waals surface area contributed by atoms with Crippen molar-refractivity contribution in [1.29, 1.82) is 0 Å². The Labute approximate surface area is 117 Å². The monoisotopic (exact) mass is 309 g/mol. The SMILES string of the molecule is COC1CCCN(S(=O)(=O)c2cc(CCl)cs2)C1. The van der Waals surface area contributed by atoms with Gasteiger partial charge in [-0.05, 0) is 29.9 Å². The summed E-state index contributed by atoms with van der Waals surface area (Å²) in [5.41, 5.74) is 0.848. The van der Waals surface area contributed by atoms with Crippen LogP contribution in [-0.4, -0.2) is 39.0 Å². The van der Waals surface area contributed by atoms with Crippen LogP contribution in [0.1, 0.15) is 18.4 Å². The van der Waals surface area contributed by atoms with Gasteiger partial charge in [-0.2, -0.15) is 4.31 Å². The summed E-state index contributed by atoms with van der Waals surface area (Å²) < 4.78 is 32.0. The van der Waals surface area contributed by atoms with Crippen LogP contribution < -0.4 is 0 Å². The number of hydrogen-bond acceptors (Lipinski definition) is 4. The van der Waals surface area contributed by atoms with E-state index in [0.717, 1.165) is 18.4 Å². The number of halogens is 1. The molecule has 0 saturated carbocycles. The zero-order valence-corrected chi connectivity index (χ0v) is 12.5. The van der Waals surface area contributed by atoms with Gasteiger partial charge in [0.05, 0.1) is 6.10 Å². The van der Waals surface area contributed by atoms with Gasteiger partial charge in [0, 0.05) is 26.1 Å². The zero-order chi connectivity index (χ0) is 13.2. The molecule has 0 spiro atoms. The second-order valence-corrected chi connectivity index (χ2v) is 7.61. The molecule has 2 rings (SSSR count). The van der Waals surface area contributed by atoms with Gasteiger partial charge < -0.3 is 4.74 Å². The van der Waals surface area contributed by atoms with Crippen molar-refractivity contribution in [2.24, 2.45) is 0 Å². The average Bonchev–Trinajstić information content (AvgIpc) is 2.88. The normalized spacial score (nSPS) is 22.2. The number of sulfonamides is 1. The van der Waals surface area contributed by atoms with E-state index in [0.29, 0.717) is 23.2 Å². The molecule has 4 nitrogen and oxygen atoms in total. The Morgan fingerprint density at radius 1 is 1.61 bits per heavy atom. The summed E-state index contributed by atoms with van der Waals surface area (Å²) in [5.74, 6) is 0.340. The molecular formula is C11H16ClNO3S2. The van der Waals surface area contributed by atoms with Crippen molar-refractivity contribution in [2.75, 3.05) is 20.2 Å². The highest BCUT2D eigenvalue weighted by atomic mass is 35.5. The Morgan fingerprint density at radius 3 is 3.00 bits per heavy atom. The highest BCUT2D eigenvalue weighted by Gasteiger charge is 2.31. The predicted octanol–water partition coefficient (Wildman–Crippen LogP) is 2.29. The van der Waals surface area contributed by atoms with Crippen LogP contribution in [0.25, 0.3) is 0 Å². The van der Waals surface area contributed by atoms with Gasteiger partial charge in [0.15, 0.2) is 0 Å². The first-order valence-electron chi connectivity index (χ1n) is 5.74. The molecule has 1 atom stereocenters. The molecule has 1 fully saturated rings. The van der Waals surface area contributed by atoms with Crippen molar-refractivity contribution in [3.05, 3.63) is 17.0 Å². The topological polar surface area (TPSA) is 46.6 Å². The number of thiophene rings is 1. The molecule has 18 heavy (non-hydrogen) atoms. The molecule has 0 radical (unpaired) electrons. The molecule has 7 heteroatoms. The van der Waals surface area contributed by atoms with Crippen molar-refractivity contribution in [1.82, 2.24) is 4.31 Å². The molecule has 0 bridgehead atoms. The Morgan fingerprint density at radius 2 is 2.39 bits per heavy atom. The Balaban J connectivity index is 2.19. The van der Waals surface area contributed by atoms with Crippen molar-refractivity contribution < 1.29 is 13.2 Å². The van der Waals surface area contributed by atoms with E-state index >= 15 is 0 Å². The number of rotatable bonds is 4. The first-order valence-corrected chi connectivity index (χ1v) is 8.59. The lowest BCUT2D eigenvalue weighted by Crippen LogP contribution is -2.42. The summed E-state index contributed by atoms with van der Waals surface area (Å²) in [7, 11) is -1.76. The van der Waals surface area contributed by atoms with Gasteiger partial charge in [0.2, 0.25) is 0 Å². The van der Waals surface area contributed by atoms with Crippen LogP contribution in [0.3, 0.4) is 0 Å². The Kier molecular flexibility index (Phi) is 4.66. The Bertz CT molecular complexity index is 500. The van der Waals surface area contributed by atoms with Crippen LogP contribution in [0.15, 0.2) is 15.7 Å². The summed E-state index contributed by atoms with van der Waals surface area (Å²) in [6, 6.07) is 1.66. The van der Waals surface area contributed by atoms with Gasteiger partial charge in [0.1, 0.15) is 4.21 Å². The van der Waals surface area contributed by atoms with Crippen LogP contribution in [0.5, 0.6) is 0 Å². The summed E-state index contributed by atoms with van der Waals surface area (Å²) >= 11 is 6.93. The van der Waals surface area contributed by atoms with E-state index in [9.17, 15) is 8.42 Å². The minimum atomic E-state index is -3.38. The maximum absolute atomic E-state index is 12.4. The van der Waals surface area contributed by atoms with Gasteiger partial charge >= 0.3 is 0 Å². The fourth-order valence-corrected chi connectivity index (χ4v) is 5.12. The van der Waals surface area contributed by atoms with Crippen molar-refractivity contribution in [3.8, 4) is 0 Å². The van der Waals surface area contributed by atoms with Crippen molar-refractivity contribution >= 4 is 33.0 Å². The maximum atomic E-state index is 12.4. The van der Waals surface area contributed by atoms with Crippen LogP contribution in [0.2, 0.25) is 0 Å². The standard InChI is InChI=1S/C11H16ClNO3S2/c1-16-10-3-2-4-13(7-10)18(14,15)11-5-9(6-12)8-17-11/h5,8,10H,2-4,6-7H2,1H3. The number of methoxy groups -OCH3 is 1. The molecule has 0 aromatic carbocycles. The van der Waals surface area contributed by atoms with Crippen LogP contribution in [0, 0.1) is 0 Å². The Hall–Kier alpha value is -0.140. The van der Waals surface area contributed by atoms with Gasteiger partial charge in [0.25, 0.3) is 10.0 Å². The average molecular weight is 310 g/mol. The summed E-state index contributed by atoms with van der Waals surface area (Å²) in [5, 5.41) is 1.79. The van der Waals surface area contributed by atoms with Gasteiger partial charge in [-0.15, -0.1) is 22.9 Å². The lowest BCUT2D eigenvalue weighted by atomic mass is 10.1. The number of nitrogens with zero attached hydrogens (tertiary/aromatic N) is 1. The lowest BCUT2D eigenvalue weighted by Gasteiger charge is -2.30. The summed E-state index contributed by atoms with van der Waals surface area (Å²) in [6.07, 6.45) is 1.76. The van der Waals surface area contributed by atoms with E-state index in [4.69, 9.17) is 16.3 Å². The maximum Gasteiger partial charge on any atom is 0.252 e. The van der Waals surface area contributed by atoms with E-state index in [-0.39, 0.29) is 6.10 Å². The van der Waals surface area contributed by atoms with Crippen molar-refractivity contribution in [3.63, 3.8) is 0 Å². The fourth-order valence-electron chi connectivity index (χ4n) is 2.00. The predicted molar refractivity (Wildman–Crippen MR) is 72.7 cm³/mol. The molecular weight excluding hydrogens is 294 g/mol. The molecule has 1 aromatic heterocycles. The first kappa shape index (κ1) is 14.3. The quantitative estimate of drug-likeness (QED) is 0.802. The zero-order valence-electron chi connectivity index (χ0n) is 10.1. The van der Waals surface area contributed by atoms with E-state index < -0.39 is 10.0 Å². The van der Waals surface area contributed by atoms with E-state index in [1.165, 1.54) is 15.6 Å². The molecule has 2 heterocycles. The van der Waals surface area contributed by atoms with E-state index in [1.54, 1.807) is 18.6 Å². The third-order valence-electron chi connectivity index (χ3n) is 3.05. The van der Waals surface area contributed by atoms with Crippen LogP contribution >= 0.6 is 22.9 Å². The van der Waals surface area contributed by atoms with E-state index in [2.05, 4.69) is 0 Å². The molecule has 1 unspecified atom stereocenters. The van der Waals surface area contributed by atoms with Gasteiger partial charge in [-0.1, -0.05) is 0 Å². The van der Waals surface area contributed by atoms with Gasteiger partial charge in [-0.25, -0.2) is 8.42 Å². The second kappa shape index (κ2) is 5.88. The second-order valence-electron chi connectivity index (χ2n) is 4.27. The largest absolute Gasteiger partial charge is 0.380 e. The van der Waals surface area contributed by atoms with E-state index in [1.807, 2.05) is 0 Å². The first-order chi connectivity index (χ1) is 8.57. The molecule has 1 aliphatic heterocycles. The number of piperidine rings is 1. The number of ether oxygens (including phenoxy) is 1. The lowest BCUT2D eigenvalue weighted by molar-refractivity contribution is 0.0572. The third kappa shape index (κ3) is 2.88. The minimum absolute atomic E-state index is 0.000912. The molecule has 1 aromatic rings.